The molecular formula is C16H21FN2O3. The highest BCUT2D eigenvalue weighted by molar-refractivity contribution is 5.98. The molecule has 1 N–H and O–H groups in total. The van der Waals surface area contributed by atoms with Crippen LogP contribution >= 0.6 is 0 Å². The lowest BCUT2D eigenvalue weighted by molar-refractivity contribution is -0.132. The summed E-state index contributed by atoms with van der Waals surface area (Å²) >= 11 is 0. The first-order valence-electron chi connectivity index (χ1n) is 7.39. The second kappa shape index (κ2) is 7.35. The van der Waals surface area contributed by atoms with E-state index in [0.717, 1.165) is 12.6 Å². The molecule has 1 heterocycles. The monoisotopic (exact) mass is 308 g/mol. The van der Waals surface area contributed by atoms with Crippen molar-refractivity contribution in [1.82, 2.24) is 10.2 Å². The van der Waals surface area contributed by atoms with E-state index in [2.05, 4.69) is 5.32 Å². The smallest absolute Gasteiger partial charge is 0.223 e. The number of nitrogens with zero attached hydrogens (tertiary/aromatic N) is 1. The summed E-state index contributed by atoms with van der Waals surface area (Å²) in [6.07, 6.45) is 0.238. The summed E-state index contributed by atoms with van der Waals surface area (Å²) < 4.78 is 18.4. The predicted octanol–water partition coefficient (Wildman–Crippen LogP) is 1.62. The van der Waals surface area contributed by atoms with Gasteiger partial charge in [0.05, 0.1) is 7.11 Å². The third-order valence-electron chi connectivity index (χ3n) is 3.76. The van der Waals surface area contributed by atoms with E-state index in [-0.39, 0.29) is 41.9 Å². The number of rotatable bonds is 5. The number of halogens is 1. The Balaban J connectivity index is 1.89. The van der Waals surface area contributed by atoms with Gasteiger partial charge in [0.2, 0.25) is 5.91 Å². The van der Waals surface area contributed by atoms with Crippen LogP contribution in [0.3, 0.4) is 0 Å². The minimum Gasteiger partial charge on any atom is -0.494 e. The Morgan fingerprint density at radius 2 is 2.18 bits per heavy atom. The predicted molar refractivity (Wildman–Crippen MR) is 80.6 cm³/mol. The zero-order valence-electron chi connectivity index (χ0n) is 12.9. The minimum absolute atomic E-state index is 0.0318. The van der Waals surface area contributed by atoms with Gasteiger partial charge in [0.1, 0.15) is 0 Å². The molecule has 0 aliphatic carbocycles. The molecule has 1 aliphatic heterocycles. The zero-order valence-corrected chi connectivity index (χ0v) is 12.9. The second-order valence-electron chi connectivity index (χ2n) is 5.47. The van der Waals surface area contributed by atoms with Crippen LogP contribution in [0.2, 0.25) is 0 Å². The standard InChI is InChI=1S/C16H21FN2O3/c1-11-10-19(8-7-18-11)16(21)6-4-14(20)12-3-5-15(22-2)13(17)9-12/h3,5,9,11,18H,4,6-8,10H2,1-2H3/t11-/m0/s1. The number of carbonyl (C=O) groups is 2. The first-order valence-corrected chi connectivity index (χ1v) is 7.39. The number of nitrogens with one attached hydrogen (secondary N) is 1. The topological polar surface area (TPSA) is 58.6 Å². The van der Waals surface area contributed by atoms with E-state index in [1.165, 1.54) is 19.2 Å². The van der Waals surface area contributed by atoms with Gasteiger partial charge in [-0.05, 0) is 25.1 Å². The summed E-state index contributed by atoms with van der Waals surface area (Å²) in [5, 5.41) is 3.26. The fourth-order valence-electron chi connectivity index (χ4n) is 2.52. The first-order chi connectivity index (χ1) is 10.5. The first kappa shape index (κ1) is 16.4. The normalized spacial score (nSPS) is 18.1. The minimum atomic E-state index is -0.574. The van der Waals surface area contributed by atoms with Gasteiger partial charge < -0.3 is 15.0 Å². The number of amides is 1. The summed E-state index contributed by atoms with van der Waals surface area (Å²) in [6, 6.07) is 4.35. The molecule has 22 heavy (non-hydrogen) atoms. The lowest BCUT2D eigenvalue weighted by Crippen LogP contribution is -2.51. The van der Waals surface area contributed by atoms with Crippen LogP contribution in [0.4, 0.5) is 4.39 Å². The zero-order chi connectivity index (χ0) is 16.1. The summed E-state index contributed by atoms with van der Waals surface area (Å²) in [5.74, 6) is -0.744. The molecule has 6 heteroatoms. The van der Waals surface area contributed by atoms with Crippen molar-refractivity contribution in [3.8, 4) is 5.75 Å². The van der Waals surface area contributed by atoms with Gasteiger partial charge >= 0.3 is 0 Å². The second-order valence-corrected chi connectivity index (χ2v) is 5.47. The molecule has 1 saturated heterocycles. The van der Waals surface area contributed by atoms with E-state index in [1.54, 1.807) is 4.90 Å². The SMILES string of the molecule is COc1ccc(C(=O)CCC(=O)N2CCN[C@@H](C)C2)cc1F. The number of hydrogen-bond donors (Lipinski definition) is 1. The van der Waals surface area contributed by atoms with Crippen LogP contribution in [0.25, 0.3) is 0 Å². The van der Waals surface area contributed by atoms with Crippen LogP contribution in [0, 0.1) is 5.82 Å². The number of carbonyl (C=O) groups excluding carboxylic acids is 2. The van der Waals surface area contributed by atoms with E-state index in [4.69, 9.17) is 4.74 Å². The lowest BCUT2D eigenvalue weighted by atomic mass is 10.1. The van der Waals surface area contributed by atoms with Gasteiger partial charge in [-0.2, -0.15) is 0 Å². The molecule has 0 saturated carbocycles. The highest BCUT2D eigenvalue weighted by Gasteiger charge is 2.21. The van der Waals surface area contributed by atoms with Crippen molar-refractivity contribution < 1.29 is 18.7 Å². The fourth-order valence-corrected chi connectivity index (χ4v) is 2.52. The molecule has 0 bridgehead atoms. The van der Waals surface area contributed by atoms with Crippen LogP contribution in [-0.4, -0.2) is 49.4 Å². The lowest BCUT2D eigenvalue weighted by Gasteiger charge is -2.31. The van der Waals surface area contributed by atoms with Crippen LogP contribution in [0.1, 0.15) is 30.1 Å². The third-order valence-corrected chi connectivity index (χ3v) is 3.76. The summed E-state index contributed by atoms with van der Waals surface area (Å²) in [7, 11) is 1.37. The molecule has 0 aromatic heterocycles. The summed E-state index contributed by atoms with van der Waals surface area (Å²) in [5.41, 5.74) is 0.264. The Kier molecular flexibility index (Phi) is 5.49. The van der Waals surface area contributed by atoms with Crippen molar-refractivity contribution in [3.63, 3.8) is 0 Å². The van der Waals surface area contributed by atoms with Crippen molar-refractivity contribution in [2.45, 2.75) is 25.8 Å². The van der Waals surface area contributed by atoms with Crippen LogP contribution in [0.5, 0.6) is 5.75 Å². The summed E-state index contributed by atoms with van der Waals surface area (Å²) in [6.45, 7) is 4.11. The van der Waals surface area contributed by atoms with E-state index < -0.39 is 5.82 Å². The summed E-state index contributed by atoms with van der Waals surface area (Å²) in [4.78, 5) is 25.9. The largest absolute Gasteiger partial charge is 0.494 e. The van der Waals surface area contributed by atoms with E-state index >= 15 is 0 Å². The average Bonchev–Trinajstić information content (AvgIpc) is 2.52. The molecule has 1 fully saturated rings. The number of ketones is 1. The quantitative estimate of drug-likeness (QED) is 0.840. The third kappa shape index (κ3) is 4.04. The Morgan fingerprint density at radius 3 is 2.82 bits per heavy atom. The van der Waals surface area contributed by atoms with Crippen molar-refractivity contribution in [1.29, 1.82) is 0 Å². The van der Waals surface area contributed by atoms with Gasteiger partial charge in [-0.25, -0.2) is 4.39 Å². The molecule has 1 atom stereocenters. The Hall–Kier alpha value is -1.95. The van der Waals surface area contributed by atoms with Gasteiger partial charge in [0.25, 0.3) is 0 Å². The Bertz CT molecular complexity index is 562. The molecule has 5 nitrogen and oxygen atoms in total. The fraction of sp³-hybridized carbons (Fsp3) is 0.500. The van der Waals surface area contributed by atoms with E-state index in [0.29, 0.717) is 13.1 Å². The van der Waals surface area contributed by atoms with Gasteiger partial charge in [0.15, 0.2) is 17.3 Å². The number of piperazine rings is 1. The van der Waals surface area contributed by atoms with Crippen molar-refractivity contribution in [3.05, 3.63) is 29.6 Å². The van der Waals surface area contributed by atoms with Crippen LogP contribution < -0.4 is 10.1 Å². The van der Waals surface area contributed by atoms with Crippen molar-refractivity contribution in [2.75, 3.05) is 26.7 Å². The highest BCUT2D eigenvalue weighted by atomic mass is 19.1. The molecule has 120 valence electrons. The Morgan fingerprint density at radius 1 is 1.41 bits per heavy atom. The van der Waals surface area contributed by atoms with Gasteiger partial charge in [-0.3, -0.25) is 9.59 Å². The number of hydrogen-bond acceptors (Lipinski definition) is 4. The van der Waals surface area contributed by atoms with E-state index in [9.17, 15) is 14.0 Å². The maximum absolute atomic E-state index is 13.6. The average molecular weight is 308 g/mol. The number of benzene rings is 1. The van der Waals surface area contributed by atoms with Gasteiger partial charge in [-0.15, -0.1) is 0 Å². The molecule has 0 unspecified atom stereocenters. The van der Waals surface area contributed by atoms with Crippen LogP contribution in [-0.2, 0) is 4.79 Å². The van der Waals surface area contributed by atoms with Crippen molar-refractivity contribution in [2.24, 2.45) is 0 Å². The molecule has 0 spiro atoms. The van der Waals surface area contributed by atoms with Crippen LogP contribution in [0.15, 0.2) is 18.2 Å². The maximum atomic E-state index is 13.6. The molecule has 1 amide bonds. The highest BCUT2D eigenvalue weighted by Crippen LogP contribution is 2.19. The van der Waals surface area contributed by atoms with E-state index in [1.807, 2.05) is 6.92 Å². The Labute approximate surface area is 129 Å². The number of ether oxygens (including phenoxy) is 1. The van der Waals surface area contributed by atoms with Gasteiger partial charge in [-0.1, -0.05) is 0 Å². The number of methoxy groups -OCH3 is 1. The molecular weight excluding hydrogens is 287 g/mol. The molecule has 0 radical (unpaired) electrons. The van der Waals surface area contributed by atoms with Gasteiger partial charge in [0, 0.05) is 44.1 Å². The molecule has 2 rings (SSSR count). The molecule has 1 aromatic rings. The number of Topliss-reactive ketones (excluding diaryl/α,β-unsaturated/α-hetero) is 1. The molecule has 1 aliphatic rings. The maximum Gasteiger partial charge on any atom is 0.223 e. The van der Waals surface area contributed by atoms with Crippen molar-refractivity contribution >= 4 is 11.7 Å². The molecule has 1 aromatic carbocycles.